The van der Waals surface area contributed by atoms with Gasteiger partial charge in [-0.25, -0.2) is 0 Å². The molecular formula is C15H23ClN4O2. The van der Waals surface area contributed by atoms with Crippen LogP contribution in [0.2, 0.25) is 0 Å². The van der Waals surface area contributed by atoms with Gasteiger partial charge in [0.05, 0.1) is 0 Å². The third kappa shape index (κ3) is 4.86. The molecule has 1 amide bonds. The van der Waals surface area contributed by atoms with Gasteiger partial charge >= 0.3 is 0 Å². The highest BCUT2D eigenvalue weighted by Crippen LogP contribution is 2.15. The molecule has 0 aliphatic heterocycles. The van der Waals surface area contributed by atoms with Crippen LogP contribution in [-0.4, -0.2) is 23.0 Å². The lowest BCUT2D eigenvalue weighted by atomic mass is 9.98. The molecule has 0 aliphatic rings. The average molecular weight is 327 g/mol. The largest absolute Gasteiger partial charge is 0.350 e. The quantitative estimate of drug-likeness (QED) is 0.751. The summed E-state index contributed by atoms with van der Waals surface area (Å²) in [7, 11) is 0. The third-order valence-electron chi connectivity index (χ3n) is 3.51. The summed E-state index contributed by atoms with van der Waals surface area (Å²) in [5.41, 5.74) is 7.04. The first-order valence-corrected chi connectivity index (χ1v) is 6.85. The van der Waals surface area contributed by atoms with E-state index in [2.05, 4.69) is 10.3 Å². The van der Waals surface area contributed by atoms with Crippen LogP contribution >= 0.6 is 12.4 Å². The Morgan fingerprint density at radius 1 is 1.41 bits per heavy atom. The monoisotopic (exact) mass is 326 g/mol. The first-order chi connectivity index (χ1) is 9.71. The third-order valence-corrected chi connectivity index (χ3v) is 3.51. The molecule has 0 fully saturated rings. The number of hydrogen-bond donors (Lipinski definition) is 3. The molecule has 1 aromatic heterocycles. The van der Waals surface area contributed by atoms with Gasteiger partial charge in [0.2, 0.25) is 5.91 Å². The van der Waals surface area contributed by atoms with Crippen LogP contribution in [0.1, 0.15) is 42.7 Å². The zero-order valence-electron chi connectivity index (χ0n) is 13.4. The van der Waals surface area contributed by atoms with Gasteiger partial charge in [0, 0.05) is 24.2 Å². The Hall–Kier alpha value is -1.84. The normalized spacial score (nSPS) is 10.5. The summed E-state index contributed by atoms with van der Waals surface area (Å²) in [5, 5.41) is 11.9. The number of amides is 1. The fourth-order valence-corrected chi connectivity index (χ4v) is 2.15. The van der Waals surface area contributed by atoms with E-state index in [1.54, 1.807) is 13.8 Å². The van der Waals surface area contributed by atoms with Crippen molar-refractivity contribution in [1.29, 1.82) is 5.26 Å². The standard InChI is InChI=1S/C15H22N4O2.ClH/c1-9-11(10(2)18-14(21)12(9)7-16)5-6-13(20)19-15(3,4)8-17;/h5-6,8,17H2,1-4H3,(H,18,21)(H,19,20);1H. The lowest BCUT2D eigenvalue weighted by Crippen LogP contribution is -2.48. The van der Waals surface area contributed by atoms with Gasteiger partial charge in [0.25, 0.3) is 5.56 Å². The second-order valence-electron chi connectivity index (χ2n) is 5.81. The van der Waals surface area contributed by atoms with Gasteiger partial charge in [-0.1, -0.05) is 0 Å². The number of carbonyl (C=O) groups excluding carboxylic acids is 1. The second-order valence-corrected chi connectivity index (χ2v) is 5.81. The molecule has 0 aliphatic carbocycles. The summed E-state index contributed by atoms with van der Waals surface area (Å²) in [6.45, 7) is 7.57. The first-order valence-electron chi connectivity index (χ1n) is 6.85. The minimum atomic E-state index is -0.440. The maximum Gasteiger partial charge on any atom is 0.266 e. The number of carbonyl (C=O) groups is 1. The second kappa shape index (κ2) is 7.97. The van der Waals surface area contributed by atoms with E-state index in [0.29, 0.717) is 24.2 Å². The highest BCUT2D eigenvalue weighted by molar-refractivity contribution is 5.85. The molecule has 0 atom stereocenters. The van der Waals surface area contributed by atoms with E-state index in [1.807, 2.05) is 19.9 Å². The number of nitriles is 1. The molecule has 0 unspecified atom stereocenters. The van der Waals surface area contributed by atoms with Gasteiger partial charge < -0.3 is 16.0 Å². The Morgan fingerprint density at radius 2 is 2.00 bits per heavy atom. The van der Waals surface area contributed by atoms with Crippen molar-refractivity contribution in [3.05, 3.63) is 32.7 Å². The van der Waals surface area contributed by atoms with Gasteiger partial charge in [0.1, 0.15) is 11.6 Å². The van der Waals surface area contributed by atoms with Gasteiger partial charge in [-0.05, 0) is 45.2 Å². The highest BCUT2D eigenvalue weighted by Gasteiger charge is 2.19. The number of halogens is 1. The zero-order valence-corrected chi connectivity index (χ0v) is 14.2. The number of rotatable bonds is 5. The molecule has 4 N–H and O–H groups in total. The van der Waals surface area contributed by atoms with Gasteiger partial charge in [-0.15, -0.1) is 12.4 Å². The Bertz CT molecular complexity index is 644. The number of aromatic nitrogens is 1. The van der Waals surface area contributed by atoms with E-state index < -0.39 is 5.54 Å². The predicted molar refractivity (Wildman–Crippen MR) is 88.1 cm³/mol. The molecule has 1 heterocycles. The number of nitrogens with two attached hydrogens (primary N) is 1. The molecule has 0 saturated carbocycles. The highest BCUT2D eigenvalue weighted by atomic mass is 35.5. The van der Waals surface area contributed by atoms with Crippen molar-refractivity contribution in [3.63, 3.8) is 0 Å². The maximum atomic E-state index is 11.9. The topological polar surface area (TPSA) is 112 Å². The van der Waals surface area contributed by atoms with Crippen LogP contribution in [0, 0.1) is 25.2 Å². The zero-order chi connectivity index (χ0) is 16.2. The summed E-state index contributed by atoms with van der Waals surface area (Å²) in [6, 6.07) is 1.91. The molecule has 1 aromatic rings. The molecule has 0 saturated heterocycles. The van der Waals surface area contributed by atoms with Crippen molar-refractivity contribution in [1.82, 2.24) is 10.3 Å². The molecule has 0 aromatic carbocycles. The fraction of sp³-hybridized carbons (Fsp3) is 0.533. The Labute approximate surface area is 136 Å². The number of aromatic amines is 1. The maximum absolute atomic E-state index is 11.9. The van der Waals surface area contributed by atoms with Crippen molar-refractivity contribution < 1.29 is 4.79 Å². The molecule has 0 radical (unpaired) electrons. The summed E-state index contributed by atoms with van der Waals surface area (Å²) in [6.07, 6.45) is 0.748. The lowest BCUT2D eigenvalue weighted by Gasteiger charge is -2.24. The van der Waals surface area contributed by atoms with Gasteiger partial charge in [-0.2, -0.15) is 5.26 Å². The number of hydrogen-bond acceptors (Lipinski definition) is 4. The van der Waals surface area contributed by atoms with Crippen LogP contribution in [0.3, 0.4) is 0 Å². The Balaban J connectivity index is 0.00000441. The summed E-state index contributed by atoms with van der Waals surface area (Å²) in [5.74, 6) is -0.103. The van der Waals surface area contributed by atoms with Crippen molar-refractivity contribution in [2.75, 3.05) is 6.54 Å². The average Bonchev–Trinajstić information content (AvgIpc) is 2.38. The molecule has 122 valence electrons. The van der Waals surface area contributed by atoms with E-state index in [0.717, 1.165) is 5.56 Å². The van der Waals surface area contributed by atoms with Crippen molar-refractivity contribution in [2.45, 2.75) is 46.1 Å². The number of pyridine rings is 1. The van der Waals surface area contributed by atoms with E-state index in [-0.39, 0.29) is 35.9 Å². The minimum Gasteiger partial charge on any atom is -0.350 e. The SMILES string of the molecule is Cc1[nH]c(=O)c(C#N)c(C)c1CCC(=O)NC(C)(C)CN.Cl. The van der Waals surface area contributed by atoms with Crippen LogP contribution in [0.5, 0.6) is 0 Å². The number of aryl methyl sites for hydroxylation is 1. The Kier molecular flexibility index (Phi) is 7.30. The summed E-state index contributed by atoms with van der Waals surface area (Å²) >= 11 is 0. The van der Waals surface area contributed by atoms with Crippen LogP contribution in [0.4, 0.5) is 0 Å². The van der Waals surface area contributed by atoms with E-state index >= 15 is 0 Å². The van der Waals surface area contributed by atoms with Crippen molar-refractivity contribution in [2.24, 2.45) is 5.73 Å². The molecule has 7 heteroatoms. The molecule has 22 heavy (non-hydrogen) atoms. The van der Waals surface area contributed by atoms with Crippen LogP contribution < -0.4 is 16.6 Å². The van der Waals surface area contributed by atoms with Crippen molar-refractivity contribution >= 4 is 18.3 Å². The van der Waals surface area contributed by atoms with E-state index in [4.69, 9.17) is 11.0 Å². The molecule has 0 bridgehead atoms. The predicted octanol–water partition coefficient (Wildman–Crippen LogP) is 1.07. The fourth-order valence-electron chi connectivity index (χ4n) is 2.15. The smallest absolute Gasteiger partial charge is 0.266 e. The van der Waals surface area contributed by atoms with E-state index in [9.17, 15) is 9.59 Å². The number of nitrogens with one attached hydrogen (secondary N) is 2. The van der Waals surface area contributed by atoms with Crippen LogP contribution in [0.15, 0.2) is 4.79 Å². The van der Waals surface area contributed by atoms with Crippen LogP contribution in [0.25, 0.3) is 0 Å². The van der Waals surface area contributed by atoms with Crippen molar-refractivity contribution in [3.8, 4) is 6.07 Å². The first kappa shape index (κ1) is 20.2. The van der Waals surface area contributed by atoms with Gasteiger partial charge in [0.15, 0.2) is 0 Å². The Morgan fingerprint density at radius 3 is 2.50 bits per heavy atom. The number of H-pyrrole nitrogens is 1. The minimum absolute atomic E-state index is 0. The molecule has 1 rings (SSSR count). The summed E-state index contributed by atoms with van der Waals surface area (Å²) in [4.78, 5) is 26.2. The lowest BCUT2D eigenvalue weighted by molar-refractivity contribution is -0.122. The summed E-state index contributed by atoms with van der Waals surface area (Å²) < 4.78 is 0. The van der Waals surface area contributed by atoms with E-state index in [1.165, 1.54) is 0 Å². The van der Waals surface area contributed by atoms with Gasteiger partial charge in [-0.3, -0.25) is 9.59 Å². The molecule has 0 spiro atoms. The molecular weight excluding hydrogens is 304 g/mol. The molecule has 6 nitrogen and oxygen atoms in total. The van der Waals surface area contributed by atoms with Crippen LogP contribution in [-0.2, 0) is 11.2 Å². The number of nitrogens with zero attached hydrogens (tertiary/aromatic N) is 1.